The Morgan fingerprint density at radius 1 is 0.462 bits per heavy atom. The lowest BCUT2D eigenvalue weighted by atomic mass is 10.2. The lowest BCUT2D eigenvalue weighted by Gasteiger charge is -2.18. The maximum atomic E-state index is 12.7. The zero-order valence-corrected chi connectivity index (χ0v) is 19.1. The number of hydrogen-bond acceptors (Lipinski definition) is 4. The molecular formula is C18H36Cl3O4P. The average Bonchev–Trinajstić information content (AvgIpc) is 2.64. The van der Waals surface area contributed by atoms with Gasteiger partial charge in [0.05, 0.1) is 19.8 Å². The summed E-state index contributed by atoms with van der Waals surface area (Å²) in [6, 6.07) is 0. The van der Waals surface area contributed by atoms with Crippen molar-refractivity contribution in [2.24, 2.45) is 0 Å². The summed E-state index contributed by atoms with van der Waals surface area (Å²) in [4.78, 5) is 0. The quantitative estimate of drug-likeness (QED) is 0.102. The normalized spacial score (nSPS) is 12.0. The van der Waals surface area contributed by atoms with Crippen LogP contribution in [0.1, 0.15) is 77.0 Å². The van der Waals surface area contributed by atoms with Crippen LogP contribution in [0.4, 0.5) is 0 Å². The van der Waals surface area contributed by atoms with Crippen molar-refractivity contribution >= 4 is 42.6 Å². The molecule has 158 valence electrons. The van der Waals surface area contributed by atoms with E-state index in [0.717, 1.165) is 77.0 Å². The smallest absolute Gasteiger partial charge is 0.287 e. The Morgan fingerprint density at radius 2 is 0.731 bits per heavy atom. The zero-order chi connectivity index (χ0) is 19.3. The van der Waals surface area contributed by atoms with Crippen LogP contribution in [0.15, 0.2) is 0 Å². The predicted octanol–water partition coefficient (Wildman–Crippen LogP) is 7.54. The highest BCUT2D eigenvalue weighted by Gasteiger charge is 2.26. The van der Waals surface area contributed by atoms with E-state index < -0.39 is 7.82 Å². The van der Waals surface area contributed by atoms with E-state index in [4.69, 9.17) is 48.4 Å². The fourth-order valence-corrected chi connectivity index (χ4v) is 4.14. The van der Waals surface area contributed by atoms with Crippen molar-refractivity contribution in [3.63, 3.8) is 0 Å². The average molecular weight is 454 g/mol. The summed E-state index contributed by atoms with van der Waals surface area (Å²) in [5.41, 5.74) is 0. The van der Waals surface area contributed by atoms with Crippen molar-refractivity contribution in [3.8, 4) is 0 Å². The minimum absolute atomic E-state index is 0.387. The van der Waals surface area contributed by atoms with Crippen molar-refractivity contribution in [1.29, 1.82) is 0 Å². The number of rotatable bonds is 21. The van der Waals surface area contributed by atoms with Gasteiger partial charge < -0.3 is 0 Å². The van der Waals surface area contributed by atoms with E-state index in [-0.39, 0.29) is 0 Å². The zero-order valence-electron chi connectivity index (χ0n) is 15.9. The van der Waals surface area contributed by atoms with Crippen molar-refractivity contribution in [1.82, 2.24) is 0 Å². The van der Waals surface area contributed by atoms with Gasteiger partial charge in [0.15, 0.2) is 0 Å². The van der Waals surface area contributed by atoms with Crippen molar-refractivity contribution < 1.29 is 18.1 Å². The first kappa shape index (κ1) is 27.0. The molecule has 0 saturated carbocycles. The van der Waals surface area contributed by atoms with Crippen molar-refractivity contribution in [2.45, 2.75) is 77.0 Å². The molecule has 26 heavy (non-hydrogen) atoms. The number of phosphoric ester groups is 1. The van der Waals surface area contributed by atoms with Crippen LogP contribution in [0, 0.1) is 0 Å². The molecular weight excluding hydrogens is 418 g/mol. The fraction of sp³-hybridized carbons (Fsp3) is 1.00. The van der Waals surface area contributed by atoms with E-state index in [1.165, 1.54) is 0 Å². The summed E-state index contributed by atoms with van der Waals surface area (Å²) < 4.78 is 29.3. The molecule has 0 bridgehead atoms. The molecule has 0 radical (unpaired) electrons. The Bertz CT molecular complexity index is 288. The van der Waals surface area contributed by atoms with E-state index in [1.807, 2.05) is 0 Å². The van der Waals surface area contributed by atoms with Gasteiger partial charge in [-0.25, -0.2) is 4.57 Å². The molecule has 0 atom stereocenters. The molecule has 4 nitrogen and oxygen atoms in total. The lowest BCUT2D eigenvalue weighted by molar-refractivity contribution is 0.108. The molecule has 8 heteroatoms. The first-order chi connectivity index (χ1) is 12.7. The Kier molecular flexibility index (Phi) is 21.5. The third kappa shape index (κ3) is 18.3. The SMILES string of the molecule is O=P(OCCCCCCCl)(OCCCCCCCl)OCCCCCCCl. The molecule has 0 aliphatic carbocycles. The largest absolute Gasteiger partial charge is 0.474 e. The molecule has 0 saturated heterocycles. The number of unbranched alkanes of at least 4 members (excludes halogenated alkanes) is 9. The van der Waals surface area contributed by atoms with Crippen LogP contribution in [-0.2, 0) is 18.1 Å². The number of alkyl halides is 3. The van der Waals surface area contributed by atoms with E-state index >= 15 is 0 Å². The first-order valence-electron chi connectivity index (χ1n) is 9.90. The summed E-state index contributed by atoms with van der Waals surface area (Å²) in [6.07, 6.45) is 11.7. The minimum Gasteiger partial charge on any atom is -0.287 e. The second-order valence-electron chi connectivity index (χ2n) is 6.26. The molecule has 0 aliphatic rings. The van der Waals surface area contributed by atoms with Crippen LogP contribution < -0.4 is 0 Å². The van der Waals surface area contributed by atoms with Gasteiger partial charge in [-0.1, -0.05) is 38.5 Å². The molecule has 0 aromatic rings. The molecule has 0 heterocycles. The number of halogens is 3. The van der Waals surface area contributed by atoms with Crippen molar-refractivity contribution in [2.75, 3.05) is 37.5 Å². The molecule has 0 aromatic heterocycles. The highest BCUT2D eigenvalue weighted by Crippen LogP contribution is 2.50. The lowest BCUT2D eigenvalue weighted by Crippen LogP contribution is -2.04. The third-order valence-corrected chi connectivity index (χ3v) is 6.13. The summed E-state index contributed by atoms with van der Waals surface area (Å²) in [5, 5.41) is 0. The Balaban J connectivity index is 4.04. The summed E-state index contributed by atoms with van der Waals surface area (Å²) in [6.45, 7) is 1.16. The van der Waals surface area contributed by atoms with Crippen LogP contribution in [-0.4, -0.2) is 37.5 Å². The molecule has 0 aromatic carbocycles. The monoisotopic (exact) mass is 452 g/mol. The molecule has 0 spiro atoms. The van der Waals surface area contributed by atoms with Gasteiger partial charge in [0.25, 0.3) is 0 Å². The highest BCUT2D eigenvalue weighted by molar-refractivity contribution is 7.48. The van der Waals surface area contributed by atoms with Gasteiger partial charge in [-0.2, -0.15) is 0 Å². The van der Waals surface area contributed by atoms with Gasteiger partial charge in [0.2, 0.25) is 0 Å². The van der Waals surface area contributed by atoms with E-state index in [9.17, 15) is 4.57 Å². The van der Waals surface area contributed by atoms with Gasteiger partial charge >= 0.3 is 7.82 Å². The number of phosphoric acid groups is 1. The third-order valence-electron chi connectivity index (χ3n) is 3.83. The Morgan fingerprint density at radius 3 is 1.00 bits per heavy atom. The maximum Gasteiger partial charge on any atom is 0.474 e. The Labute approximate surface area is 175 Å². The van der Waals surface area contributed by atoms with Gasteiger partial charge in [-0.3, -0.25) is 13.6 Å². The van der Waals surface area contributed by atoms with Crippen LogP contribution in [0.2, 0.25) is 0 Å². The van der Waals surface area contributed by atoms with E-state index in [2.05, 4.69) is 0 Å². The second kappa shape index (κ2) is 20.7. The first-order valence-corrected chi connectivity index (χ1v) is 13.0. The van der Waals surface area contributed by atoms with Crippen LogP contribution in [0.25, 0.3) is 0 Å². The summed E-state index contributed by atoms with van der Waals surface area (Å²) in [7, 11) is -3.46. The van der Waals surface area contributed by atoms with Gasteiger partial charge in [-0.05, 0) is 38.5 Å². The Hall–Kier alpha value is 0.980. The molecule has 0 aliphatic heterocycles. The maximum absolute atomic E-state index is 12.7. The summed E-state index contributed by atoms with van der Waals surface area (Å²) >= 11 is 17.0. The van der Waals surface area contributed by atoms with Gasteiger partial charge in [0.1, 0.15) is 0 Å². The second-order valence-corrected chi connectivity index (χ2v) is 9.06. The van der Waals surface area contributed by atoms with Crippen LogP contribution in [0.3, 0.4) is 0 Å². The van der Waals surface area contributed by atoms with Crippen LogP contribution >= 0.6 is 42.6 Å². The molecule has 0 N–H and O–H groups in total. The topological polar surface area (TPSA) is 44.8 Å². The molecule has 0 amide bonds. The molecule has 0 fully saturated rings. The van der Waals surface area contributed by atoms with Crippen LogP contribution in [0.5, 0.6) is 0 Å². The van der Waals surface area contributed by atoms with E-state index in [1.54, 1.807) is 0 Å². The van der Waals surface area contributed by atoms with Crippen molar-refractivity contribution in [3.05, 3.63) is 0 Å². The minimum atomic E-state index is -3.46. The standard InChI is InChI=1S/C18H36Cl3O4P/c19-13-7-1-4-10-16-23-26(22,24-17-11-5-2-8-14-20)25-18-12-6-3-9-15-21/h1-18H2. The molecule has 0 rings (SSSR count). The summed E-state index contributed by atoms with van der Waals surface area (Å²) in [5.74, 6) is 2.04. The molecule has 0 unspecified atom stereocenters. The van der Waals surface area contributed by atoms with Gasteiger partial charge in [-0.15, -0.1) is 34.8 Å². The predicted molar refractivity (Wildman–Crippen MR) is 113 cm³/mol. The fourth-order valence-electron chi connectivity index (χ4n) is 2.29. The van der Waals surface area contributed by atoms with Gasteiger partial charge in [0, 0.05) is 17.6 Å². The highest BCUT2D eigenvalue weighted by atomic mass is 35.5. The number of hydrogen-bond donors (Lipinski definition) is 0. The van der Waals surface area contributed by atoms with E-state index in [0.29, 0.717) is 37.5 Å².